The molecule has 5 nitrogen and oxygen atoms in total. The Labute approximate surface area is 113 Å². The lowest BCUT2D eigenvalue weighted by Gasteiger charge is -2.27. The number of halogens is 1. The number of amides is 1. The van der Waals surface area contributed by atoms with E-state index in [4.69, 9.17) is 0 Å². The second-order valence-corrected chi connectivity index (χ2v) is 4.08. The molecule has 100 valence electrons. The van der Waals surface area contributed by atoms with Crippen LogP contribution in [-0.4, -0.2) is 55.1 Å². The molecule has 1 aromatic heterocycles. The minimum Gasteiger partial charge on any atom is -0.351 e. The van der Waals surface area contributed by atoms with Crippen molar-refractivity contribution >= 4 is 18.3 Å². The highest BCUT2D eigenvalue weighted by molar-refractivity contribution is 5.93. The first-order valence-corrected chi connectivity index (χ1v) is 5.97. The fourth-order valence-electron chi connectivity index (χ4n) is 1.87. The van der Waals surface area contributed by atoms with Gasteiger partial charge in [-0.3, -0.25) is 14.7 Å². The molecule has 0 saturated carbocycles. The van der Waals surface area contributed by atoms with Crippen molar-refractivity contribution in [2.24, 2.45) is 0 Å². The van der Waals surface area contributed by atoms with Crippen LogP contribution in [-0.2, 0) is 0 Å². The number of piperazine rings is 1. The van der Waals surface area contributed by atoms with Crippen LogP contribution in [0, 0.1) is 0 Å². The van der Waals surface area contributed by atoms with Crippen LogP contribution in [0.3, 0.4) is 0 Å². The summed E-state index contributed by atoms with van der Waals surface area (Å²) in [5, 5.41) is 6.22. The van der Waals surface area contributed by atoms with Gasteiger partial charge in [-0.1, -0.05) is 0 Å². The molecule has 6 heteroatoms. The van der Waals surface area contributed by atoms with Crippen LogP contribution in [0.5, 0.6) is 0 Å². The topological polar surface area (TPSA) is 57.3 Å². The highest BCUT2D eigenvalue weighted by atomic mass is 35.5. The van der Waals surface area contributed by atoms with Crippen molar-refractivity contribution in [1.29, 1.82) is 0 Å². The molecule has 0 atom stereocenters. The smallest absolute Gasteiger partial charge is 0.251 e. The largest absolute Gasteiger partial charge is 0.351 e. The number of carbonyl (C=O) groups is 1. The lowest BCUT2D eigenvalue weighted by Crippen LogP contribution is -2.46. The van der Waals surface area contributed by atoms with Crippen molar-refractivity contribution in [3.05, 3.63) is 30.1 Å². The van der Waals surface area contributed by atoms with Gasteiger partial charge in [0.15, 0.2) is 0 Å². The molecule has 1 fully saturated rings. The second-order valence-electron chi connectivity index (χ2n) is 4.08. The van der Waals surface area contributed by atoms with E-state index in [9.17, 15) is 4.79 Å². The van der Waals surface area contributed by atoms with Gasteiger partial charge in [0, 0.05) is 57.2 Å². The van der Waals surface area contributed by atoms with Gasteiger partial charge >= 0.3 is 0 Å². The molecule has 1 saturated heterocycles. The summed E-state index contributed by atoms with van der Waals surface area (Å²) in [5.74, 6) is -0.0254. The molecule has 0 aliphatic carbocycles. The fraction of sp³-hybridized carbons (Fsp3) is 0.500. The van der Waals surface area contributed by atoms with E-state index in [0.717, 1.165) is 32.7 Å². The van der Waals surface area contributed by atoms with Gasteiger partial charge in [0.1, 0.15) is 0 Å². The van der Waals surface area contributed by atoms with Crippen LogP contribution in [0.1, 0.15) is 10.4 Å². The second kappa shape index (κ2) is 8.02. The van der Waals surface area contributed by atoms with E-state index in [0.29, 0.717) is 12.1 Å². The summed E-state index contributed by atoms with van der Waals surface area (Å²) < 4.78 is 0. The van der Waals surface area contributed by atoms with Gasteiger partial charge in [-0.05, 0) is 12.1 Å². The van der Waals surface area contributed by atoms with Crippen LogP contribution in [0.15, 0.2) is 24.5 Å². The SMILES string of the molecule is Cl.O=C(NCCN1CCNCC1)c1ccncc1. The molecule has 1 aromatic rings. The minimum atomic E-state index is -0.0254. The molecule has 0 bridgehead atoms. The summed E-state index contributed by atoms with van der Waals surface area (Å²) in [4.78, 5) is 18.0. The van der Waals surface area contributed by atoms with Crippen molar-refractivity contribution in [1.82, 2.24) is 20.5 Å². The van der Waals surface area contributed by atoms with Gasteiger partial charge in [-0.15, -0.1) is 12.4 Å². The normalized spacial score (nSPS) is 15.8. The molecule has 0 spiro atoms. The monoisotopic (exact) mass is 270 g/mol. The van der Waals surface area contributed by atoms with Crippen LogP contribution in [0.4, 0.5) is 0 Å². The molecule has 2 rings (SSSR count). The van der Waals surface area contributed by atoms with Crippen molar-refractivity contribution in [2.45, 2.75) is 0 Å². The van der Waals surface area contributed by atoms with Crippen LogP contribution >= 0.6 is 12.4 Å². The third-order valence-electron chi connectivity index (χ3n) is 2.87. The minimum absolute atomic E-state index is 0. The Morgan fingerprint density at radius 3 is 2.67 bits per heavy atom. The molecule has 1 aliphatic rings. The average molecular weight is 271 g/mol. The summed E-state index contributed by atoms with van der Waals surface area (Å²) in [6, 6.07) is 3.44. The zero-order valence-corrected chi connectivity index (χ0v) is 11.1. The molecule has 0 radical (unpaired) electrons. The van der Waals surface area contributed by atoms with E-state index >= 15 is 0 Å². The molecule has 0 aromatic carbocycles. The Balaban J connectivity index is 0.00000162. The Hall–Kier alpha value is -1.17. The van der Waals surface area contributed by atoms with Crippen molar-refractivity contribution in [2.75, 3.05) is 39.3 Å². The lowest BCUT2D eigenvalue weighted by molar-refractivity contribution is 0.0947. The number of hydrogen-bond acceptors (Lipinski definition) is 4. The number of rotatable bonds is 4. The highest BCUT2D eigenvalue weighted by Gasteiger charge is 2.09. The zero-order chi connectivity index (χ0) is 11.9. The molecule has 2 N–H and O–H groups in total. The Morgan fingerprint density at radius 2 is 2.00 bits per heavy atom. The maximum absolute atomic E-state index is 11.7. The number of hydrogen-bond donors (Lipinski definition) is 2. The van der Waals surface area contributed by atoms with Gasteiger partial charge in [-0.25, -0.2) is 0 Å². The summed E-state index contributed by atoms with van der Waals surface area (Å²) >= 11 is 0. The standard InChI is InChI=1S/C12H18N4O.ClH/c17-12(11-1-3-13-4-2-11)15-7-10-16-8-5-14-6-9-16;/h1-4,14H,5-10H2,(H,15,17);1H. The van der Waals surface area contributed by atoms with E-state index in [1.54, 1.807) is 24.5 Å². The van der Waals surface area contributed by atoms with E-state index in [1.165, 1.54) is 0 Å². The number of nitrogens with one attached hydrogen (secondary N) is 2. The predicted octanol–water partition coefficient (Wildman–Crippen LogP) is 0.138. The summed E-state index contributed by atoms with van der Waals surface area (Å²) in [6.45, 7) is 5.81. The summed E-state index contributed by atoms with van der Waals surface area (Å²) in [5.41, 5.74) is 0.667. The Bertz CT molecular complexity index is 354. The quantitative estimate of drug-likeness (QED) is 0.817. The molecule has 2 heterocycles. The van der Waals surface area contributed by atoms with Gasteiger partial charge in [0.2, 0.25) is 0 Å². The van der Waals surface area contributed by atoms with Gasteiger partial charge in [0.05, 0.1) is 0 Å². The predicted molar refractivity (Wildman–Crippen MR) is 73.1 cm³/mol. The summed E-state index contributed by atoms with van der Waals surface area (Å²) in [7, 11) is 0. The molecule has 0 unspecified atom stereocenters. The van der Waals surface area contributed by atoms with Gasteiger partial charge in [-0.2, -0.15) is 0 Å². The van der Waals surface area contributed by atoms with E-state index in [-0.39, 0.29) is 18.3 Å². The molecular weight excluding hydrogens is 252 g/mol. The van der Waals surface area contributed by atoms with Gasteiger partial charge in [0.25, 0.3) is 5.91 Å². The van der Waals surface area contributed by atoms with E-state index in [2.05, 4.69) is 20.5 Å². The first-order valence-electron chi connectivity index (χ1n) is 5.97. The van der Waals surface area contributed by atoms with Crippen LogP contribution in [0.2, 0.25) is 0 Å². The van der Waals surface area contributed by atoms with Crippen molar-refractivity contribution < 1.29 is 4.79 Å². The number of aromatic nitrogens is 1. The van der Waals surface area contributed by atoms with E-state index in [1.807, 2.05) is 0 Å². The van der Waals surface area contributed by atoms with E-state index < -0.39 is 0 Å². The molecular formula is C12H19ClN4O. The fourth-order valence-corrected chi connectivity index (χ4v) is 1.87. The average Bonchev–Trinajstić information content (AvgIpc) is 2.41. The maximum Gasteiger partial charge on any atom is 0.251 e. The Kier molecular flexibility index (Phi) is 6.64. The first kappa shape index (κ1) is 14.9. The third-order valence-corrected chi connectivity index (χ3v) is 2.87. The number of nitrogens with zero attached hydrogens (tertiary/aromatic N) is 2. The summed E-state index contributed by atoms with van der Waals surface area (Å²) in [6.07, 6.45) is 3.26. The third kappa shape index (κ3) is 4.60. The molecule has 1 amide bonds. The number of carbonyl (C=O) groups excluding carboxylic acids is 1. The van der Waals surface area contributed by atoms with Gasteiger partial charge < -0.3 is 10.6 Å². The molecule has 18 heavy (non-hydrogen) atoms. The zero-order valence-electron chi connectivity index (χ0n) is 10.3. The van der Waals surface area contributed by atoms with Crippen molar-refractivity contribution in [3.8, 4) is 0 Å². The maximum atomic E-state index is 11.7. The lowest BCUT2D eigenvalue weighted by atomic mass is 10.2. The first-order chi connectivity index (χ1) is 8.36. The molecule has 1 aliphatic heterocycles. The van der Waals surface area contributed by atoms with Crippen LogP contribution in [0.25, 0.3) is 0 Å². The number of pyridine rings is 1. The highest BCUT2D eigenvalue weighted by Crippen LogP contribution is 1.95. The van der Waals surface area contributed by atoms with Crippen molar-refractivity contribution in [3.63, 3.8) is 0 Å². The Morgan fingerprint density at radius 1 is 1.33 bits per heavy atom. The van der Waals surface area contributed by atoms with Crippen LogP contribution < -0.4 is 10.6 Å².